The van der Waals surface area contributed by atoms with Crippen molar-refractivity contribution in [3.8, 4) is 11.5 Å². The number of imidazole rings is 1. The number of hydrogen-bond acceptors (Lipinski definition) is 6. The molecule has 1 aliphatic rings. The van der Waals surface area contributed by atoms with Crippen LogP contribution in [0.1, 0.15) is 47.1 Å². The number of aromatic nitrogens is 6. The standard InChI is InChI=1S/C32H32N8O/c1-33-22-40-19-16-34-32(40)27(25-6-3-2-4-7-25)20-23-10-12-24(13-11-23)21-39-17-14-26(15-18-39)30-36-31(38-37-30)28-8-5-9-29(41)35-28/h2-13,16,19-20,22,26H,14-15,17-18,21H2,1H3,(H,35,41)(H,36,37,38)/b27-20+,33-22?. The first-order valence-electron chi connectivity index (χ1n) is 13.8. The van der Waals surface area contributed by atoms with Crippen molar-refractivity contribution >= 4 is 18.0 Å². The maximum Gasteiger partial charge on any atom is 0.248 e. The molecule has 0 bridgehead atoms. The number of hydrogen-bond donors (Lipinski definition) is 2. The van der Waals surface area contributed by atoms with Crippen molar-refractivity contribution in [2.24, 2.45) is 4.99 Å². The fraction of sp³-hybridized carbons (Fsp3) is 0.219. The van der Waals surface area contributed by atoms with Crippen molar-refractivity contribution in [3.05, 3.63) is 124 Å². The molecule has 1 fully saturated rings. The van der Waals surface area contributed by atoms with Gasteiger partial charge in [0, 0.05) is 43.5 Å². The summed E-state index contributed by atoms with van der Waals surface area (Å²) in [5, 5.41) is 7.42. The van der Waals surface area contributed by atoms with Crippen molar-refractivity contribution in [1.29, 1.82) is 0 Å². The van der Waals surface area contributed by atoms with Crippen LogP contribution in [0.2, 0.25) is 0 Å². The number of pyridine rings is 1. The lowest BCUT2D eigenvalue weighted by Crippen LogP contribution is -2.32. The Balaban J connectivity index is 1.11. The molecule has 1 saturated heterocycles. The van der Waals surface area contributed by atoms with Crippen molar-refractivity contribution in [2.75, 3.05) is 20.1 Å². The lowest BCUT2D eigenvalue weighted by atomic mass is 9.95. The molecular formula is C32H32N8O. The first-order valence-corrected chi connectivity index (χ1v) is 13.8. The summed E-state index contributed by atoms with van der Waals surface area (Å²) in [5.41, 5.74) is 5.03. The smallest absolute Gasteiger partial charge is 0.248 e. The predicted molar refractivity (Wildman–Crippen MR) is 162 cm³/mol. The second kappa shape index (κ2) is 12.1. The number of nitrogens with one attached hydrogen (secondary N) is 2. The molecular weight excluding hydrogens is 512 g/mol. The van der Waals surface area contributed by atoms with Crippen LogP contribution in [0.25, 0.3) is 23.2 Å². The average Bonchev–Trinajstić information content (AvgIpc) is 3.68. The lowest BCUT2D eigenvalue weighted by molar-refractivity contribution is 0.202. The normalized spacial score (nSPS) is 15.1. The lowest BCUT2D eigenvalue weighted by Gasteiger charge is -2.30. The third kappa shape index (κ3) is 6.15. The van der Waals surface area contributed by atoms with Gasteiger partial charge in [-0.15, -0.1) is 0 Å². The van der Waals surface area contributed by atoms with Crippen molar-refractivity contribution in [2.45, 2.75) is 25.3 Å². The number of rotatable bonds is 8. The monoisotopic (exact) mass is 544 g/mol. The van der Waals surface area contributed by atoms with Crippen LogP contribution in [0.5, 0.6) is 0 Å². The summed E-state index contributed by atoms with van der Waals surface area (Å²) in [7, 11) is 1.76. The summed E-state index contributed by atoms with van der Waals surface area (Å²) < 4.78 is 1.94. The molecule has 2 N–H and O–H groups in total. The molecule has 1 aliphatic heterocycles. The van der Waals surface area contributed by atoms with Gasteiger partial charge in [-0.25, -0.2) is 9.97 Å². The first-order chi connectivity index (χ1) is 20.2. The molecule has 6 rings (SSSR count). The number of likely N-dealkylation sites (tertiary alicyclic amines) is 1. The molecule has 0 amide bonds. The molecule has 0 aliphatic carbocycles. The zero-order valence-corrected chi connectivity index (χ0v) is 22.9. The predicted octanol–water partition coefficient (Wildman–Crippen LogP) is 4.83. The van der Waals surface area contributed by atoms with E-state index in [1.807, 2.05) is 35.0 Å². The third-order valence-corrected chi connectivity index (χ3v) is 7.42. The Morgan fingerprint density at radius 2 is 1.83 bits per heavy atom. The Hall–Kier alpha value is -4.89. The van der Waals surface area contributed by atoms with Crippen molar-refractivity contribution < 1.29 is 0 Å². The molecule has 0 atom stereocenters. The second-order valence-electron chi connectivity index (χ2n) is 10.2. The van der Waals surface area contributed by atoms with Gasteiger partial charge in [0.25, 0.3) is 0 Å². The first kappa shape index (κ1) is 26.3. The van der Waals surface area contributed by atoms with E-state index in [9.17, 15) is 4.79 Å². The number of benzene rings is 2. The molecule has 0 radical (unpaired) electrons. The van der Waals surface area contributed by atoms with Gasteiger partial charge in [-0.2, -0.15) is 5.10 Å². The highest BCUT2D eigenvalue weighted by molar-refractivity contribution is 5.90. The van der Waals surface area contributed by atoms with Crippen LogP contribution in [0.4, 0.5) is 0 Å². The molecule has 0 spiro atoms. The molecule has 3 aromatic heterocycles. The molecule has 0 unspecified atom stereocenters. The van der Waals surface area contributed by atoms with E-state index in [2.05, 4.69) is 77.5 Å². The highest BCUT2D eigenvalue weighted by atomic mass is 16.1. The molecule has 5 aromatic rings. The van der Waals surface area contributed by atoms with Gasteiger partial charge in [-0.05, 0) is 54.8 Å². The fourth-order valence-corrected chi connectivity index (χ4v) is 5.30. The molecule has 206 valence electrons. The van der Waals surface area contributed by atoms with Gasteiger partial charge < -0.3 is 4.98 Å². The van der Waals surface area contributed by atoms with Gasteiger partial charge in [-0.3, -0.25) is 24.4 Å². The maximum absolute atomic E-state index is 11.6. The van der Waals surface area contributed by atoms with Crippen LogP contribution in [0.3, 0.4) is 0 Å². The fourth-order valence-electron chi connectivity index (χ4n) is 5.30. The van der Waals surface area contributed by atoms with Gasteiger partial charge in [-0.1, -0.05) is 60.7 Å². The van der Waals surface area contributed by atoms with Crippen LogP contribution in [0, 0.1) is 0 Å². The molecule has 41 heavy (non-hydrogen) atoms. The van der Waals surface area contributed by atoms with E-state index < -0.39 is 0 Å². The van der Waals surface area contributed by atoms with Crippen LogP contribution in [-0.2, 0) is 6.54 Å². The van der Waals surface area contributed by atoms with E-state index in [-0.39, 0.29) is 5.56 Å². The Bertz CT molecular complexity index is 1700. The van der Waals surface area contributed by atoms with Gasteiger partial charge >= 0.3 is 0 Å². The molecule has 0 saturated carbocycles. The van der Waals surface area contributed by atoms with Gasteiger partial charge in [0.15, 0.2) is 5.82 Å². The number of aliphatic imine (C=N–C) groups is 1. The maximum atomic E-state index is 11.6. The summed E-state index contributed by atoms with van der Waals surface area (Å²) in [6.07, 6.45) is 9.69. The second-order valence-corrected chi connectivity index (χ2v) is 10.2. The van der Waals surface area contributed by atoms with E-state index in [0.29, 0.717) is 17.4 Å². The Morgan fingerprint density at radius 1 is 1.02 bits per heavy atom. The molecule has 9 heteroatoms. The minimum absolute atomic E-state index is 0.156. The molecule has 4 heterocycles. The van der Waals surface area contributed by atoms with E-state index in [4.69, 9.17) is 0 Å². The zero-order chi connectivity index (χ0) is 28.0. The van der Waals surface area contributed by atoms with E-state index in [1.54, 1.807) is 25.6 Å². The van der Waals surface area contributed by atoms with E-state index in [1.165, 1.54) is 11.6 Å². The summed E-state index contributed by atoms with van der Waals surface area (Å²) in [4.78, 5) is 30.4. The van der Waals surface area contributed by atoms with Crippen molar-refractivity contribution in [3.63, 3.8) is 0 Å². The van der Waals surface area contributed by atoms with Crippen molar-refractivity contribution in [1.82, 2.24) is 34.6 Å². The Kier molecular flexibility index (Phi) is 7.77. The highest BCUT2D eigenvalue weighted by Crippen LogP contribution is 2.28. The number of H-pyrrole nitrogens is 2. The summed E-state index contributed by atoms with van der Waals surface area (Å²) >= 11 is 0. The minimum Gasteiger partial charge on any atom is -0.319 e. The topological polar surface area (TPSA) is 108 Å². The minimum atomic E-state index is -0.156. The van der Waals surface area contributed by atoms with Gasteiger partial charge in [0.1, 0.15) is 11.6 Å². The third-order valence-electron chi connectivity index (χ3n) is 7.42. The highest BCUT2D eigenvalue weighted by Gasteiger charge is 2.24. The quantitative estimate of drug-likeness (QED) is 0.165. The summed E-state index contributed by atoms with van der Waals surface area (Å²) in [5.74, 6) is 2.61. The number of nitrogens with zero attached hydrogens (tertiary/aromatic N) is 6. The summed E-state index contributed by atoms with van der Waals surface area (Å²) in [6, 6.07) is 24.1. The van der Waals surface area contributed by atoms with Gasteiger partial charge in [0.2, 0.25) is 5.56 Å². The van der Waals surface area contributed by atoms with E-state index in [0.717, 1.165) is 60.8 Å². The zero-order valence-electron chi connectivity index (χ0n) is 22.9. The Labute approximate surface area is 238 Å². The van der Waals surface area contributed by atoms with Crippen LogP contribution in [-0.4, -0.2) is 61.1 Å². The SMILES string of the molecule is CN=Cn1ccnc1/C(=C/c1ccc(CN2CCC(c3nc(-c4cccc(=O)[nH]4)n[nH]3)CC2)cc1)c1ccccc1. The number of aromatic amines is 2. The van der Waals surface area contributed by atoms with Crippen LogP contribution < -0.4 is 5.56 Å². The largest absolute Gasteiger partial charge is 0.319 e. The number of piperidine rings is 1. The molecule has 9 nitrogen and oxygen atoms in total. The molecule has 2 aromatic carbocycles. The van der Waals surface area contributed by atoms with Crippen LogP contribution in [0.15, 0.2) is 95.0 Å². The average molecular weight is 545 g/mol. The summed E-state index contributed by atoms with van der Waals surface area (Å²) in [6.45, 7) is 2.89. The van der Waals surface area contributed by atoms with Crippen LogP contribution >= 0.6 is 0 Å². The van der Waals surface area contributed by atoms with Gasteiger partial charge in [0.05, 0.1) is 12.0 Å². The van der Waals surface area contributed by atoms with E-state index >= 15 is 0 Å². The Morgan fingerprint density at radius 3 is 2.59 bits per heavy atom.